The van der Waals surface area contributed by atoms with Crippen LogP contribution >= 0.6 is 0 Å². The van der Waals surface area contributed by atoms with Gasteiger partial charge >= 0.3 is 6.61 Å². The molecule has 174 valence electrons. The number of halogens is 2. The minimum atomic E-state index is -3.10. The van der Waals surface area contributed by atoms with E-state index in [1.165, 1.54) is 13.2 Å². The molecule has 2 aliphatic rings. The van der Waals surface area contributed by atoms with Crippen LogP contribution in [0.25, 0.3) is 16.9 Å². The molecule has 1 unspecified atom stereocenters. The van der Waals surface area contributed by atoms with E-state index in [9.17, 15) is 18.7 Å². The largest absolute Gasteiger partial charge is 0.496 e. The molecule has 2 N–H and O–H groups in total. The van der Waals surface area contributed by atoms with Gasteiger partial charge in [-0.25, -0.2) is 4.98 Å². The Kier molecular flexibility index (Phi) is 5.23. The second kappa shape index (κ2) is 7.98. The zero-order valence-corrected chi connectivity index (χ0v) is 18.3. The normalized spacial score (nSPS) is 17.8. The minimum absolute atomic E-state index is 0.0436. The molecule has 5 rings (SSSR count). The van der Waals surface area contributed by atoms with Crippen molar-refractivity contribution < 1.29 is 28.2 Å². The molecule has 0 bridgehead atoms. The molecule has 0 saturated heterocycles. The molecule has 2 fully saturated rings. The van der Waals surface area contributed by atoms with Gasteiger partial charge in [-0.2, -0.15) is 8.78 Å². The van der Waals surface area contributed by atoms with Crippen molar-refractivity contribution in [1.29, 1.82) is 0 Å². The summed E-state index contributed by atoms with van der Waals surface area (Å²) in [5, 5.41) is 13.7. The number of aliphatic hydroxyl groups is 1. The van der Waals surface area contributed by atoms with Crippen molar-refractivity contribution in [3.05, 3.63) is 47.8 Å². The minimum Gasteiger partial charge on any atom is -0.496 e. The summed E-state index contributed by atoms with van der Waals surface area (Å²) in [5.41, 5.74) is 1.50. The number of carbonyl (C=O) groups excluding carboxylic acids is 1. The van der Waals surface area contributed by atoms with Gasteiger partial charge in [0, 0.05) is 17.8 Å². The molecule has 9 heteroatoms. The average Bonchev–Trinajstić information content (AvgIpc) is 3.70. The fourth-order valence-electron chi connectivity index (χ4n) is 4.19. The lowest BCUT2D eigenvalue weighted by molar-refractivity contribution is -0.0502. The van der Waals surface area contributed by atoms with Crippen molar-refractivity contribution in [3.8, 4) is 22.8 Å². The summed E-state index contributed by atoms with van der Waals surface area (Å²) in [7, 11) is 1.37. The van der Waals surface area contributed by atoms with Crippen molar-refractivity contribution in [3.63, 3.8) is 0 Å². The Bertz CT molecular complexity index is 1220. The Labute approximate surface area is 189 Å². The van der Waals surface area contributed by atoms with Gasteiger partial charge in [0.2, 0.25) is 0 Å². The fraction of sp³-hybridized carbons (Fsp3) is 0.417. The molecule has 2 aliphatic carbocycles. The highest BCUT2D eigenvalue weighted by Crippen LogP contribution is 2.45. The molecule has 3 aromatic rings. The molecular weight excluding hydrogens is 432 g/mol. The molecule has 0 aliphatic heterocycles. The maximum atomic E-state index is 13.2. The fourth-order valence-corrected chi connectivity index (χ4v) is 4.19. The van der Waals surface area contributed by atoms with Crippen LogP contribution in [-0.4, -0.2) is 40.2 Å². The number of nitrogens with one attached hydrogen (secondary N) is 1. The van der Waals surface area contributed by atoms with Gasteiger partial charge in [0.25, 0.3) is 5.91 Å². The van der Waals surface area contributed by atoms with Gasteiger partial charge in [-0.05, 0) is 68.4 Å². The number of methoxy groups -OCH3 is 1. The molecular formula is C24H25F2N3O4. The first kappa shape index (κ1) is 21.6. The summed E-state index contributed by atoms with van der Waals surface area (Å²) in [5.74, 6) is -0.408. The lowest BCUT2D eigenvalue weighted by Gasteiger charge is -2.23. The number of fused-ring (bicyclic) bond motifs is 1. The Hall–Kier alpha value is -3.20. The van der Waals surface area contributed by atoms with E-state index in [0.29, 0.717) is 16.9 Å². The molecule has 0 radical (unpaired) electrons. The van der Waals surface area contributed by atoms with Gasteiger partial charge in [0.05, 0.1) is 24.6 Å². The number of alkyl halides is 2. The highest BCUT2D eigenvalue weighted by molar-refractivity contribution is 6.01. The van der Waals surface area contributed by atoms with E-state index in [0.717, 1.165) is 31.2 Å². The van der Waals surface area contributed by atoms with Crippen LogP contribution in [0, 0.1) is 5.92 Å². The second-order valence-corrected chi connectivity index (χ2v) is 8.89. The standard InChI is InChI=1S/C24H25F2N3O4/c1-24(31,14-3-4-14)15-7-8-29-17(12-27-20(29)11-15)13-9-18(32-2)21(19(10-13)33-23(25)26)22(30)28-16-5-6-16/h7-12,14,16,23,31H,3-6H2,1-2H3,(H,28,30). The predicted octanol–water partition coefficient (Wildman–Crippen LogP) is 4.12. The molecule has 1 amide bonds. The van der Waals surface area contributed by atoms with Crippen molar-refractivity contribution >= 4 is 11.6 Å². The van der Waals surface area contributed by atoms with Gasteiger partial charge in [0.15, 0.2) is 0 Å². The van der Waals surface area contributed by atoms with E-state index in [1.807, 2.05) is 19.1 Å². The summed E-state index contributed by atoms with van der Waals surface area (Å²) in [6.07, 6.45) is 7.09. The second-order valence-electron chi connectivity index (χ2n) is 8.89. The first-order valence-electron chi connectivity index (χ1n) is 11.0. The van der Waals surface area contributed by atoms with E-state index in [2.05, 4.69) is 10.3 Å². The van der Waals surface area contributed by atoms with Gasteiger partial charge in [-0.1, -0.05) is 0 Å². The monoisotopic (exact) mass is 457 g/mol. The molecule has 1 aromatic carbocycles. The number of benzene rings is 1. The highest BCUT2D eigenvalue weighted by atomic mass is 19.3. The van der Waals surface area contributed by atoms with Gasteiger partial charge in [-0.3, -0.25) is 9.20 Å². The van der Waals surface area contributed by atoms with Crippen molar-refractivity contribution in [1.82, 2.24) is 14.7 Å². The SMILES string of the molecule is COc1cc(-c2cnc3cc(C(C)(O)C4CC4)ccn23)cc(OC(F)F)c1C(=O)NC1CC1. The summed E-state index contributed by atoms with van der Waals surface area (Å²) in [6, 6.07) is 6.71. The molecule has 33 heavy (non-hydrogen) atoms. The van der Waals surface area contributed by atoms with Gasteiger partial charge in [-0.15, -0.1) is 0 Å². The van der Waals surface area contributed by atoms with Gasteiger partial charge < -0.3 is 19.9 Å². The first-order chi connectivity index (χ1) is 15.8. The van der Waals surface area contributed by atoms with Crippen LogP contribution in [0.15, 0.2) is 36.7 Å². The lowest BCUT2D eigenvalue weighted by atomic mass is 9.92. The van der Waals surface area contributed by atoms with Crippen molar-refractivity contribution in [2.24, 2.45) is 5.92 Å². The Morgan fingerprint density at radius 2 is 1.97 bits per heavy atom. The number of hydrogen-bond acceptors (Lipinski definition) is 5. The molecule has 2 aromatic heterocycles. The van der Waals surface area contributed by atoms with E-state index in [4.69, 9.17) is 9.47 Å². The Balaban J connectivity index is 1.57. The third-order valence-corrected chi connectivity index (χ3v) is 6.41. The molecule has 2 saturated carbocycles. The van der Waals surface area contributed by atoms with Crippen LogP contribution < -0.4 is 14.8 Å². The van der Waals surface area contributed by atoms with Crippen LogP contribution in [0.3, 0.4) is 0 Å². The summed E-state index contributed by atoms with van der Waals surface area (Å²) in [6.45, 7) is -1.29. The number of rotatable bonds is 8. The van der Waals surface area contributed by atoms with E-state index >= 15 is 0 Å². The maximum Gasteiger partial charge on any atom is 0.387 e. The first-order valence-corrected chi connectivity index (χ1v) is 11.0. The Morgan fingerprint density at radius 3 is 2.61 bits per heavy atom. The van der Waals surface area contributed by atoms with Crippen LogP contribution in [0.5, 0.6) is 11.5 Å². The number of pyridine rings is 1. The molecule has 2 heterocycles. The van der Waals surface area contributed by atoms with E-state index in [-0.39, 0.29) is 29.0 Å². The third-order valence-electron chi connectivity index (χ3n) is 6.41. The molecule has 7 nitrogen and oxygen atoms in total. The quantitative estimate of drug-likeness (QED) is 0.532. The predicted molar refractivity (Wildman–Crippen MR) is 117 cm³/mol. The summed E-state index contributed by atoms with van der Waals surface area (Å²) >= 11 is 0. The number of nitrogens with zero attached hydrogens (tertiary/aromatic N) is 2. The number of imidazole rings is 1. The molecule has 0 spiro atoms. The van der Waals surface area contributed by atoms with Crippen LogP contribution in [0.4, 0.5) is 8.78 Å². The average molecular weight is 457 g/mol. The number of aromatic nitrogens is 2. The number of ether oxygens (including phenoxy) is 2. The summed E-state index contributed by atoms with van der Waals surface area (Å²) in [4.78, 5) is 17.2. The zero-order valence-electron chi connectivity index (χ0n) is 18.3. The van der Waals surface area contributed by atoms with Crippen LogP contribution in [0.2, 0.25) is 0 Å². The zero-order chi connectivity index (χ0) is 23.3. The number of amides is 1. The van der Waals surface area contributed by atoms with Crippen molar-refractivity contribution in [2.45, 2.75) is 50.9 Å². The number of carbonyl (C=O) groups is 1. The highest BCUT2D eigenvalue weighted by Gasteiger charge is 2.41. The van der Waals surface area contributed by atoms with Gasteiger partial charge in [0.1, 0.15) is 22.7 Å². The third kappa shape index (κ3) is 4.13. The number of hydrogen-bond donors (Lipinski definition) is 2. The van der Waals surface area contributed by atoms with Crippen LogP contribution in [-0.2, 0) is 5.60 Å². The smallest absolute Gasteiger partial charge is 0.387 e. The van der Waals surface area contributed by atoms with E-state index < -0.39 is 18.1 Å². The summed E-state index contributed by atoms with van der Waals surface area (Å²) < 4.78 is 38.3. The van der Waals surface area contributed by atoms with Crippen LogP contribution in [0.1, 0.15) is 48.5 Å². The lowest BCUT2D eigenvalue weighted by Crippen LogP contribution is -2.26. The molecule has 1 atom stereocenters. The Morgan fingerprint density at radius 1 is 1.24 bits per heavy atom. The topological polar surface area (TPSA) is 85.1 Å². The van der Waals surface area contributed by atoms with Crippen molar-refractivity contribution in [2.75, 3.05) is 7.11 Å². The van der Waals surface area contributed by atoms with E-state index in [1.54, 1.807) is 22.9 Å². The maximum absolute atomic E-state index is 13.2.